The standard InChI is InChI=1S/C75H145NO5/c1-3-5-7-9-11-13-15-17-19-20-37-41-45-49-53-57-61-65-69-75(80)81-70-66-62-58-54-50-46-42-38-35-33-31-29-27-25-23-21-22-24-26-28-30-32-34-36-40-44-48-52-56-60-64-68-74(79)76-72(71-77)73(78)67-63-59-55-51-47-43-39-18-16-14-12-10-8-6-4-2/h13,15,19-20,72-73,77-78H,3-12,14,16-18,21-71H2,1-2H3,(H,76,79)/b15-13-,20-19-. The SMILES string of the molecule is CCCCCC/C=C\C/C=C\CCCCCCCCCC(=O)OCCCCCCCCCCCCCCCCCCCCCCCCCCCCCCCCCC(=O)NC(CO)C(O)CCCCCCCCCCCCCCCCC. The average Bonchev–Trinajstić information content (AvgIpc) is 3.47. The van der Waals surface area contributed by atoms with E-state index in [1.54, 1.807) is 0 Å². The van der Waals surface area contributed by atoms with Crippen LogP contribution in [0.5, 0.6) is 0 Å². The van der Waals surface area contributed by atoms with E-state index >= 15 is 0 Å². The molecule has 0 aromatic carbocycles. The fourth-order valence-electron chi connectivity index (χ4n) is 11.9. The van der Waals surface area contributed by atoms with Gasteiger partial charge in [-0.05, 0) is 57.8 Å². The van der Waals surface area contributed by atoms with E-state index in [0.717, 1.165) is 51.4 Å². The van der Waals surface area contributed by atoms with Crippen molar-refractivity contribution in [1.29, 1.82) is 0 Å². The highest BCUT2D eigenvalue weighted by molar-refractivity contribution is 5.76. The lowest BCUT2D eigenvalue weighted by Gasteiger charge is -2.22. The molecule has 0 aliphatic rings. The summed E-state index contributed by atoms with van der Waals surface area (Å²) < 4.78 is 5.51. The maximum atomic E-state index is 12.5. The average molecular weight is 1140 g/mol. The molecule has 0 spiro atoms. The summed E-state index contributed by atoms with van der Waals surface area (Å²) in [5.41, 5.74) is 0. The zero-order valence-corrected chi connectivity index (χ0v) is 55.0. The fraction of sp³-hybridized carbons (Fsp3) is 0.920. The van der Waals surface area contributed by atoms with Gasteiger partial charge >= 0.3 is 5.97 Å². The molecular weight excluding hydrogens is 995 g/mol. The Morgan fingerprint density at radius 1 is 0.346 bits per heavy atom. The molecule has 81 heavy (non-hydrogen) atoms. The van der Waals surface area contributed by atoms with E-state index in [4.69, 9.17) is 4.74 Å². The van der Waals surface area contributed by atoms with Gasteiger partial charge in [0.15, 0.2) is 0 Å². The largest absolute Gasteiger partial charge is 0.466 e. The van der Waals surface area contributed by atoms with Crippen LogP contribution in [0.2, 0.25) is 0 Å². The lowest BCUT2D eigenvalue weighted by molar-refractivity contribution is -0.143. The Hall–Kier alpha value is -1.66. The number of ether oxygens (including phenoxy) is 1. The molecule has 6 heteroatoms. The van der Waals surface area contributed by atoms with Crippen LogP contribution in [0.4, 0.5) is 0 Å². The minimum atomic E-state index is -0.661. The predicted octanol–water partition coefficient (Wildman–Crippen LogP) is 24.1. The van der Waals surface area contributed by atoms with Crippen LogP contribution in [-0.2, 0) is 14.3 Å². The first-order chi connectivity index (χ1) is 40.0. The van der Waals surface area contributed by atoms with Crippen LogP contribution in [0.1, 0.15) is 418 Å². The molecule has 0 saturated carbocycles. The van der Waals surface area contributed by atoms with Gasteiger partial charge in [-0.1, -0.05) is 372 Å². The molecule has 0 aromatic rings. The van der Waals surface area contributed by atoms with Crippen molar-refractivity contribution < 1.29 is 24.5 Å². The van der Waals surface area contributed by atoms with Gasteiger partial charge in [0, 0.05) is 12.8 Å². The number of rotatable bonds is 70. The highest BCUT2D eigenvalue weighted by Crippen LogP contribution is 2.20. The minimum absolute atomic E-state index is 0.0141. The van der Waals surface area contributed by atoms with Gasteiger partial charge in [-0.2, -0.15) is 0 Å². The summed E-state index contributed by atoms with van der Waals surface area (Å²) in [5, 5.41) is 23.3. The molecule has 0 rings (SSSR count). The number of esters is 1. The Bertz CT molecular complexity index is 1270. The minimum Gasteiger partial charge on any atom is -0.466 e. The molecule has 6 nitrogen and oxygen atoms in total. The Labute approximate surface area is 507 Å². The number of aliphatic hydroxyl groups is 2. The lowest BCUT2D eigenvalue weighted by Crippen LogP contribution is -2.45. The lowest BCUT2D eigenvalue weighted by atomic mass is 10.0. The van der Waals surface area contributed by atoms with Gasteiger partial charge in [-0.15, -0.1) is 0 Å². The number of carbonyl (C=O) groups is 2. The molecule has 0 bridgehead atoms. The van der Waals surface area contributed by atoms with E-state index < -0.39 is 12.1 Å². The summed E-state index contributed by atoms with van der Waals surface area (Å²) in [6, 6.07) is -0.538. The Morgan fingerprint density at radius 2 is 0.617 bits per heavy atom. The molecule has 1 amide bonds. The summed E-state index contributed by atoms with van der Waals surface area (Å²) in [4.78, 5) is 24.6. The van der Waals surface area contributed by atoms with Crippen LogP contribution in [0.3, 0.4) is 0 Å². The molecule has 0 aromatic heterocycles. The van der Waals surface area contributed by atoms with Crippen molar-refractivity contribution in [3.8, 4) is 0 Å². The van der Waals surface area contributed by atoms with Crippen LogP contribution < -0.4 is 5.32 Å². The van der Waals surface area contributed by atoms with Crippen molar-refractivity contribution in [2.75, 3.05) is 13.2 Å². The van der Waals surface area contributed by atoms with Crippen LogP contribution in [-0.4, -0.2) is 47.4 Å². The second-order valence-electron chi connectivity index (χ2n) is 25.6. The van der Waals surface area contributed by atoms with E-state index in [0.29, 0.717) is 25.9 Å². The van der Waals surface area contributed by atoms with Crippen molar-refractivity contribution in [2.45, 2.75) is 431 Å². The van der Waals surface area contributed by atoms with Gasteiger partial charge in [0.1, 0.15) is 0 Å². The topological polar surface area (TPSA) is 95.9 Å². The number of nitrogens with one attached hydrogen (secondary N) is 1. The molecule has 0 saturated heterocycles. The maximum Gasteiger partial charge on any atom is 0.305 e. The number of aliphatic hydroxyl groups excluding tert-OH is 2. The Morgan fingerprint density at radius 3 is 0.951 bits per heavy atom. The first-order valence-electron chi connectivity index (χ1n) is 37.1. The summed E-state index contributed by atoms with van der Waals surface area (Å²) in [5.74, 6) is -0.0134. The number of allylic oxidation sites excluding steroid dienone is 4. The zero-order valence-electron chi connectivity index (χ0n) is 55.0. The third kappa shape index (κ3) is 67.3. The molecule has 0 heterocycles. The normalized spacial score (nSPS) is 12.6. The molecular formula is C75H145NO5. The molecule has 0 radical (unpaired) electrons. The second kappa shape index (κ2) is 70.8. The molecule has 3 N–H and O–H groups in total. The monoisotopic (exact) mass is 1140 g/mol. The van der Waals surface area contributed by atoms with Gasteiger partial charge in [0.25, 0.3) is 0 Å². The maximum absolute atomic E-state index is 12.5. The Kier molecular flexibility index (Phi) is 69.4. The van der Waals surface area contributed by atoms with E-state index in [-0.39, 0.29) is 18.5 Å². The van der Waals surface area contributed by atoms with Crippen molar-refractivity contribution >= 4 is 11.9 Å². The van der Waals surface area contributed by atoms with Gasteiger partial charge in [-0.25, -0.2) is 0 Å². The van der Waals surface area contributed by atoms with E-state index in [1.807, 2.05) is 0 Å². The highest BCUT2D eigenvalue weighted by atomic mass is 16.5. The quantitative estimate of drug-likeness (QED) is 0.0320. The summed E-state index contributed by atoms with van der Waals surface area (Å²) in [6.07, 6.45) is 89.6. The number of unbranched alkanes of at least 4 members (excludes halogenated alkanes) is 55. The number of hydrogen-bond acceptors (Lipinski definition) is 5. The smallest absolute Gasteiger partial charge is 0.305 e. The van der Waals surface area contributed by atoms with E-state index in [9.17, 15) is 19.8 Å². The molecule has 0 aliphatic heterocycles. The van der Waals surface area contributed by atoms with Crippen LogP contribution >= 0.6 is 0 Å². The number of hydrogen-bond donors (Lipinski definition) is 3. The van der Waals surface area contributed by atoms with Crippen molar-refractivity contribution in [2.24, 2.45) is 0 Å². The predicted molar refractivity (Wildman–Crippen MR) is 356 cm³/mol. The van der Waals surface area contributed by atoms with Crippen molar-refractivity contribution in [3.63, 3.8) is 0 Å². The van der Waals surface area contributed by atoms with Gasteiger partial charge in [0.2, 0.25) is 5.91 Å². The van der Waals surface area contributed by atoms with Crippen molar-refractivity contribution in [3.05, 3.63) is 24.3 Å². The number of amides is 1. The first-order valence-corrected chi connectivity index (χ1v) is 37.1. The van der Waals surface area contributed by atoms with E-state index in [1.165, 1.54) is 334 Å². The van der Waals surface area contributed by atoms with Crippen molar-refractivity contribution in [1.82, 2.24) is 5.32 Å². The van der Waals surface area contributed by atoms with Gasteiger partial charge in [0.05, 0.1) is 25.4 Å². The fourth-order valence-corrected chi connectivity index (χ4v) is 11.9. The molecule has 0 aliphatic carbocycles. The van der Waals surface area contributed by atoms with E-state index in [2.05, 4.69) is 43.5 Å². The zero-order chi connectivity index (χ0) is 58.5. The third-order valence-corrected chi connectivity index (χ3v) is 17.5. The molecule has 2 atom stereocenters. The first kappa shape index (κ1) is 79.3. The van der Waals surface area contributed by atoms with Crippen LogP contribution in [0, 0.1) is 0 Å². The summed E-state index contributed by atoms with van der Waals surface area (Å²) >= 11 is 0. The highest BCUT2D eigenvalue weighted by Gasteiger charge is 2.20. The van der Waals surface area contributed by atoms with Crippen LogP contribution in [0.15, 0.2) is 24.3 Å². The third-order valence-electron chi connectivity index (χ3n) is 17.5. The van der Waals surface area contributed by atoms with Crippen LogP contribution in [0.25, 0.3) is 0 Å². The molecule has 2 unspecified atom stereocenters. The number of carbonyl (C=O) groups excluding carboxylic acids is 2. The molecule has 0 fully saturated rings. The second-order valence-corrected chi connectivity index (χ2v) is 25.6. The summed E-state index contributed by atoms with van der Waals surface area (Å²) in [6.45, 7) is 4.97. The molecule has 480 valence electrons. The Balaban J connectivity index is 3.31. The summed E-state index contributed by atoms with van der Waals surface area (Å²) in [7, 11) is 0. The van der Waals surface area contributed by atoms with Gasteiger partial charge < -0.3 is 20.3 Å². The van der Waals surface area contributed by atoms with Gasteiger partial charge in [-0.3, -0.25) is 9.59 Å².